The number of aryl methyl sites for hydroxylation is 1. The van der Waals surface area contributed by atoms with Crippen molar-refractivity contribution in [3.63, 3.8) is 0 Å². The largest absolute Gasteiger partial charge is 0.388 e. The van der Waals surface area contributed by atoms with Gasteiger partial charge in [0, 0.05) is 13.0 Å². The highest BCUT2D eigenvalue weighted by molar-refractivity contribution is 7.90. The van der Waals surface area contributed by atoms with Crippen molar-refractivity contribution in [1.29, 1.82) is 0 Å². The molecule has 0 amide bonds. The van der Waals surface area contributed by atoms with Crippen LogP contribution in [0.15, 0.2) is 24.3 Å². The van der Waals surface area contributed by atoms with Gasteiger partial charge in [0.15, 0.2) is 0 Å². The molecule has 4 nitrogen and oxygen atoms in total. The van der Waals surface area contributed by atoms with Crippen LogP contribution in [-0.4, -0.2) is 30.9 Å². The molecule has 0 heterocycles. The maximum atomic E-state index is 12.4. The van der Waals surface area contributed by atoms with E-state index >= 15 is 0 Å². The van der Waals surface area contributed by atoms with Gasteiger partial charge < -0.3 is 5.11 Å². The summed E-state index contributed by atoms with van der Waals surface area (Å²) < 4.78 is 27.5. The standard InChI is InChI=1S/C17H25NO3S/c19-17(11-10-14-6-4-5-7-15(14)12-17)13-18-22(20,21)16-8-2-1-3-9-16/h4-7,16,18-19H,1-3,8-13H2. The van der Waals surface area contributed by atoms with E-state index in [9.17, 15) is 13.5 Å². The number of sulfonamides is 1. The smallest absolute Gasteiger partial charge is 0.214 e. The van der Waals surface area contributed by atoms with Gasteiger partial charge in [0.05, 0.1) is 10.9 Å². The number of benzene rings is 1. The fourth-order valence-corrected chi connectivity index (χ4v) is 5.32. The Morgan fingerprint density at radius 3 is 2.55 bits per heavy atom. The number of fused-ring (bicyclic) bond motifs is 1. The van der Waals surface area contributed by atoms with E-state index in [1.54, 1.807) is 0 Å². The number of nitrogens with one attached hydrogen (secondary N) is 1. The third kappa shape index (κ3) is 3.53. The summed E-state index contributed by atoms with van der Waals surface area (Å²) in [6.45, 7) is 0.125. The molecule has 122 valence electrons. The van der Waals surface area contributed by atoms with E-state index in [1.165, 1.54) is 5.56 Å². The fraction of sp³-hybridized carbons (Fsp3) is 0.647. The average Bonchev–Trinajstić information content (AvgIpc) is 2.54. The molecular formula is C17H25NO3S. The Bertz CT molecular complexity index is 623. The van der Waals surface area contributed by atoms with Gasteiger partial charge in [-0.15, -0.1) is 0 Å². The van der Waals surface area contributed by atoms with Gasteiger partial charge in [-0.2, -0.15) is 0 Å². The van der Waals surface area contributed by atoms with E-state index in [-0.39, 0.29) is 11.8 Å². The molecule has 1 unspecified atom stereocenters. The van der Waals surface area contributed by atoms with E-state index in [2.05, 4.69) is 10.8 Å². The first kappa shape index (κ1) is 16.0. The Hall–Kier alpha value is -0.910. The highest BCUT2D eigenvalue weighted by Gasteiger charge is 2.35. The number of hydrogen-bond donors (Lipinski definition) is 2. The van der Waals surface area contributed by atoms with Crippen molar-refractivity contribution in [3.05, 3.63) is 35.4 Å². The van der Waals surface area contributed by atoms with Crippen LogP contribution in [0.2, 0.25) is 0 Å². The van der Waals surface area contributed by atoms with Crippen molar-refractivity contribution in [1.82, 2.24) is 4.72 Å². The summed E-state index contributed by atoms with van der Waals surface area (Å²) in [6.07, 6.45) is 6.54. The molecule has 0 aromatic heterocycles. The van der Waals surface area contributed by atoms with Crippen LogP contribution in [0.25, 0.3) is 0 Å². The molecule has 1 fully saturated rings. The van der Waals surface area contributed by atoms with Gasteiger partial charge in [-0.1, -0.05) is 43.5 Å². The number of rotatable bonds is 4. The normalized spacial score (nSPS) is 26.6. The van der Waals surface area contributed by atoms with Gasteiger partial charge in [-0.3, -0.25) is 0 Å². The lowest BCUT2D eigenvalue weighted by molar-refractivity contribution is 0.0317. The zero-order valence-electron chi connectivity index (χ0n) is 12.9. The lowest BCUT2D eigenvalue weighted by Crippen LogP contribution is -2.48. The predicted octanol–water partition coefficient (Wildman–Crippen LogP) is 2.16. The van der Waals surface area contributed by atoms with E-state index in [1.807, 2.05) is 18.2 Å². The molecule has 1 aromatic rings. The molecule has 3 rings (SSSR count). The zero-order valence-corrected chi connectivity index (χ0v) is 13.7. The predicted molar refractivity (Wildman–Crippen MR) is 87.2 cm³/mol. The quantitative estimate of drug-likeness (QED) is 0.892. The van der Waals surface area contributed by atoms with Gasteiger partial charge in [-0.25, -0.2) is 13.1 Å². The summed E-state index contributed by atoms with van der Waals surface area (Å²) in [4.78, 5) is 0. The van der Waals surface area contributed by atoms with Crippen LogP contribution in [0.1, 0.15) is 49.7 Å². The average molecular weight is 323 g/mol. The lowest BCUT2D eigenvalue weighted by Gasteiger charge is -2.34. The van der Waals surface area contributed by atoms with Crippen molar-refractivity contribution in [3.8, 4) is 0 Å². The van der Waals surface area contributed by atoms with E-state index in [0.717, 1.165) is 44.1 Å². The van der Waals surface area contributed by atoms with Crippen LogP contribution in [0.5, 0.6) is 0 Å². The Balaban J connectivity index is 1.63. The maximum absolute atomic E-state index is 12.4. The number of hydrogen-bond acceptors (Lipinski definition) is 3. The monoisotopic (exact) mass is 323 g/mol. The van der Waals surface area contributed by atoms with Gasteiger partial charge in [0.25, 0.3) is 0 Å². The molecule has 5 heteroatoms. The Morgan fingerprint density at radius 2 is 1.82 bits per heavy atom. The molecule has 0 radical (unpaired) electrons. The summed E-state index contributed by atoms with van der Waals surface area (Å²) >= 11 is 0. The van der Waals surface area contributed by atoms with Crippen molar-refractivity contribution in [2.75, 3.05) is 6.54 Å². The Labute approximate surface area is 133 Å². The third-order valence-electron chi connectivity index (χ3n) is 5.09. The minimum Gasteiger partial charge on any atom is -0.388 e. The first-order valence-corrected chi connectivity index (χ1v) is 9.81. The Kier molecular flexibility index (Phi) is 4.57. The van der Waals surface area contributed by atoms with E-state index < -0.39 is 15.6 Å². The van der Waals surface area contributed by atoms with Crippen LogP contribution in [0.4, 0.5) is 0 Å². The molecule has 2 N–H and O–H groups in total. The SMILES string of the molecule is O=S(=O)(NCC1(O)CCc2ccccc2C1)C1CCCCC1. The molecule has 22 heavy (non-hydrogen) atoms. The molecule has 0 bridgehead atoms. The van der Waals surface area contributed by atoms with Crippen LogP contribution < -0.4 is 4.72 Å². The first-order valence-electron chi connectivity index (χ1n) is 8.26. The van der Waals surface area contributed by atoms with Gasteiger partial charge in [0.2, 0.25) is 10.0 Å². The zero-order chi connectivity index (χ0) is 15.6. The summed E-state index contributed by atoms with van der Waals surface area (Å²) in [5.74, 6) is 0. The number of aliphatic hydroxyl groups is 1. The van der Waals surface area contributed by atoms with E-state index in [0.29, 0.717) is 12.8 Å². The molecule has 0 saturated heterocycles. The minimum atomic E-state index is -3.31. The van der Waals surface area contributed by atoms with Gasteiger partial charge in [-0.05, 0) is 36.8 Å². The van der Waals surface area contributed by atoms with Crippen LogP contribution >= 0.6 is 0 Å². The maximum Gasteiger partial charge on any atom is 0.214 e. The summed E-state index contributed by atoms with van der Waals surface area (Å²) in [5.41, 5.74) is 1.44. The van der Waals surface area contributed by atoms with Crippen LogP contribution in [0.3, 0.4) is 0 Å². The van der Waals surface area contributed by atoms with Gasteiger partial charge >= 0.3 is 0 Å². The van der Waals surface area contributed by atoms with Crippen molar-refractivity contribution in [2.24, 2.45) is 0 Å². The molecule has 2 aliphatic rings. The lowest BCUT2D eigenvalue weighted by atomic mass is 9.80. The fourth-order valence-electron chi connectivity index (χ4n) is 3.66. The third-order valence-corrected chi connectivity index (χ3v) is 6.99. The molecule has 0 spiro atoms. The highest BCUT2D eigenvalue weighted by Crippen LogP contribution is 2.29. The van der Waals surface area contributed by atoms with Crippen molar-refractivity contribution >= 4 is 10.0 Å². The van der Waals surface area contributed by atoms with Crippen molar-refractivity contribution in [2.45, 2.75) is 62.2 Å². The minimum absolute atomic E-state index is 0.125. The van der Waals surface area contributed by atoms with E-state index in [4.69, 9.17) is 0 Å². The second-order valence-corrected chi connectivity index (χ2v) is 8.84. The van der Waals surface area contributed by atoms with Crippen LogP contribution in [0, 0.1) is 0 Å². The summed E-state index contributed by atoms with van der Waals surface area (Å²) in [7, 11) is -3.31. The molecule has 2 aliphatic carbocycles. The molecule has 1 aromatic carbocycles. The molecule has 1 saturated carbocycles. The topological polar surface area (TPSA) is 66.4 Å². The molecular weight excluding hydrogens is 298 g/mol. The summed E-state index contributed by atoms with van der Waals surface area (Å²) in [5, 5.41) is 10.5. The molecule has 0 aliphatic heterocycles. The highest BCUT2D eigenvalue weighted by atomic mass is 32.2. The van der Waals surface area contributed by atoms with Crippen LogP contribution in [-0.2, 0) is 22.9 Å². The second-order valence-electron chi connectivity index (χ2n) is 6.80. The molecule has 1 atom stereocenters. The van der Waals surface area contributed by atoms with Gasteiger partial charge in [0.1, 0.15) is 0 Å². The summed E-state index contributed by atoms with van der Waals surface area (Å²) in [6, 6.07) is 8.09. The first-order chi connectivity index (χ1) is 10.5. The van der Waals surface area contributed by atoms with Crippen molar-refractivity contribution < 1.29 is 13.5 Å². The Morgan fingerprint density at radius 1 is 1.14 bits per heavy atom. The second kappa shape index (κ2) is 6.30.